The minimum atomic E-state index is -0.164. The fourth-order valence-corrected chi connectivity index (χ4v) is 2.18. The average molecular weight is 222 g/mol. The Bertz CT molecular complexity index is 346. The number of rotatable bonds is 3. The van der Waals surface area contributed by atoms with Gasteiger partial charge in [-0.3, -0.25) is 0 Å². The van der Waals surface area contributed by atoms with Crippen molar-refractivity contribution < 1.29 is 4.39 Å². The molecule has 1 aromatic carbocycles. The van der Waals surface area contributed by atoms with Crippen LogP contribution in [0.2, 0.25) is 0 Å². The van der Waals surface area contributed by atoms with Crippen molar-refractivity contribution in [2.45, 2.75) is 19.8 Å². The minimum Gasteiger partial charge on any atom is -0.385 e. The van der Waals surface area contributed by atoms with Crippen LogP contribution in [0.25, 0.3) is 0 Å². The van der Waals surface area contributed by atoms with Crippen molar-refractivity contribution in [1.82, 2.24) is 5.32 Å². The predicted molar refractivity (Wildman–Crippen MR) is 65.2 cm³/mol. The van der Waals surface area contributed by atoms with Gasteiger partial charge >= 0.3 is 0 Å². The summed E-state index contributed by atoms with van der Waals surface area (Å²) in [6.07, 6.45) is 2.54. The third kappa shape index (κ3) is 2.95. The molecule has 1 aliphatic rings. The zero-order valence-corrected chi connectivity index (χ0v) is 9.72. The second kappa shape index (κ2) is 5.30. The number of halogens is 1. The van der Waals surface area contributed by atoms with Crippen LogP contribution >= 0.6 is 0 Å². The maximum absolute atomic E-state index is 12.9. The van der Waals surface area contributed by atoms with Gasteiger partial charge in [-0.05, 0) is 62.5 Å². The molecule has 0 saturated carbocycles. The van der Waals surface area contributed by atoms with Gasteiger partial charge < -0.3 is 10.6 Å². The Morgan fingerprint density at radius 1 is 1.50 bits per heavy atom. The van der Waals surface area contributed by atoms with Crippen molar-refractivity contribution in [3.63, 3.8) is 0 Å². The molecule has 1 atom stereocenters. The van der Waals surface area contributed by atoms with Gasteiger partial charge in [0.1, 0.15) is 5.82 Å². The van der Waals surface area contributed by atoms with Gasteiger partial charge in [0.05, 0.1) is 0 Å². The van der Waals surface area contributed by atoms with Crippen LogP contribution in [0.5, 0.6) is 0 Å². The Morgan fingerprint density at radius 3 is 3.06 bits per heavy atom. The van der Waals surface area contributed by atoms with Crippen LogP contribution in [0, 0.1) is 18.7 Å². The number of hydrogen-bond acceptors (Lipinski definition) is 2. The summed E-state index contributed by atoms with van der Waals surface area (Å²) in [5.41, 5.74) is 2.02. The van der Waals surface area contributed by atoms with Crippen LogP contribution in [0.3, 0.4) is 0 Å². The van der Waals surface area contributed by atoms with E-state index in [1.54, 1.807) is 6.07 Å². The van der Waals surface area contributed by atoms with Gasteiger partial charge in [-0.2, -0.15) is 0 Å². The van der Waals surface area contributed by atoms with Gasteiger partial charge in [-0.15, -0.1) is 0 Å². The topological polar surface area (TPSA) is 24.1 Å². The Balaban J connectivity index is 1.88. The summed E-state index contributed by atoms with van der Waals surface area (Å²) in [4.78, 5) is 0. The minimum absolute atomic E-state index is 0.164. The number of benzene rings is 1. The highest BCUT2D eigenvalue weighted by molar-refractivity contribution is 5.50. The third-order valence-electron chi connectivity index (χ3n) is 3.17. The second-order valence-electron chi connectivity index (χ2n) is 4.55. The Kier molecular flexibility index (Phi) is 3.78. The molecule has 1 aromatic rings. The van der Waals surface area contributed by atoms with Crippen molar-refractivity contribution in [1.29, 1.82) is 0 Å². The highest BCUT2D eigenvalue weighted by Crippen LogP contribution is 2.17. The molecule has 1 fully saturated rings. The molecule has 1 unspecified atom stereocenters. The first-order valence-corrected chi connectivity index (χ1v) is 5.96. The molecule has 1 aliphatic heterocycles. The van der Waals surface area contributed by atoms with Crippen LogP contribution in [0.1, 0.15) is 18.4 Å². The second-order valence-corrected chi connectivity index (χ2v) is 4.55. The number of nitrogens with one attached hydrogen (secondary N) is 2. The lowest BCUT2D eigenvalue weighted by molar-refractivity contribution is 0.393. The zero-order chi connectivity index (χ0) is 11.4. The average Bonchev–Trinajstić information content (AvgIpc) is 2.29. The van der Waals surface area contributed by atoms with Crippen LogP contribution in [0.15, 0.2) is 18.2 Å². The van der Waals surface area contributed by atoms with Crippen molar-refractivity contribution >= 4 is 5.69 Å². The van der Waals surface area contributed by atoms with Crippen LogP contribution in [-0.2, 0) is 0 Å². The van der Waals surface area contributed by atoms with E-state index in [1.807, 2.05) is 13.0 Å². The molecule has 1 heterocycles. The smallest absolute Gasteiger partial charge is 0.123 e. The molecule has 2 nitrogen and oxygen atoms in total. The van der Waals surface area contributed by atoms with E-state index in [9.17, 15) is 4.39 Å². The summed E-state index contributed by atoms with van der Waals surface area (Å²) in [6.45, 7) is 5.14. The summed E-state index contributed by atoms with van der Waals surface area (Å²) < 4.78 is 12.9. The lowest BCUT2D eigenvalue weighted by Gasteiger charge is -2.23. The molecule has 0 radical (unpaired) electrons. The number of hydrogen-bond donors (Lipinski definition) is 2. The van der Waals surface area contributed by atoms with Gasteiger partial charge in [0.15, 0.2) is 0 Å². The van der Waals surface area contributed by atoms with E-state index in [4.69, 9.17) is 0 Å². The van der Waals surface area contributed by atoms with E-state index < -0.39 is 0 Å². The maximum Gasteiger partial charge on any atom is 0.123 e. The van der Waals surface area contributed by atoms with Crippen molar-refractivity contribution in [3.8, 4) is 0 Å². The molecule has 2 N–H and O–H groups in total. The normalized spacial score (nSPS) is 20.8. The van der Waals surface area contributed by atoms with Gasteiger partial charge in [-0.25, -0.2) is 4.39 Å². The molecule has 2 rings (SSSR count). The van der Waals surface area contributed by atoms with Crippen LogP contribution in [0.4, 0.5) is 10.1 Å². The summed E-state index contributed by atoms with van der Waals surface area (Å²) in [6, 6.07) is 4.90. The number of piperidine rings is 1. The molecule has 0 bridgehead atoms. The van der Waals surface area contributed by atoms with E-state index >= 15 is 0 Å². The molecular weight excluding hydrogens is 203 g/mol. The number of anilines is 1. The van der Waals surface area contributed by atoms with E-state index in [1.165, 1.54) is 18.9 Å². The van der Waals surface area contributed by atoms with Crippen LogP contribution < -0.4 is 10.6 Å². The molecule has 3 heteroatoms. The molecule has 0 aromatic heterocycles. The maximum atomic E-state index is 12.9. The highest BCUT2D eigenvalue weighted by Gasteiger charge is 2.12. The third-order valence-corrected chi connectivity index (χ3v) is 3.17. The van der Waals surface area contributed by atoms with Crippen LogP contribution in [-0.4, -0.2) is 19.6 Å². The summed E-state index contributed by atoms with van der Waals surface area (Å²) in [5.74, 6) is 0.528. The molecular formula is C13H19FN2. The molecule has 0 spiro atoms. The summed E-state index contributed by atoms with van der Waals surface area (Å²) >= 11 is 0. The van der Waals surface area contributed by atoms with E-state index in [2.05, 4.69) is 10.6 Å². The standard InChI is InChI=1S/C13H19FN2/c1-10-7-12(14)4-5-13(10)16-9-11-3-2-6-15-8-11/h4-5,7,11,15-16H,2-3,6,8-9H2,1H3. The quantitative estimate of drug-likeness (QED) is 0.821. The Morgan fingerprint density at radius 2 is 2.38 bits per heavy atom. The molecule has 16 heavy (non-hydrogen) atoms. The van der Waals surface area contributed by atoms with E-state index in [0.717, 1.165) is 30.9 Å². The first-order valence-electron chi connectivity index (χ1n) is 5.96. The molecule has 1 saturated heterocycles. The van der Waals surface area contributed by atoms with Gasteiger partial charge in [0.2, 0.25) is 0 Å². The molecule has 0 amide bonds. The van der Waals surface area contributed by atoms with Crippen molar-refractivity contribution in [2.75, 3.05) is 25.0 Å². The lowest BCUT2D eigenvalue weighted by atomic mass is 9.99. The lowest BCUT2D eigenvalue weighted by Crippen LogP contribution is -2.33. The van der Waals surface area contributed by atoms with E-state index in [0.29, 0.717) is 5.92 Å². The van der Waals surface area contributed by atoms with Gasteiger partial charge in [0.25, 0.3) is 0 Å². The van der Waals surface area contributed by atoms with Gasteiger partial charge in [-0.1, -0.05) is 0 Å². The predicted octanol–water partition coefficient (Wildman–Crippen LogP) is 2.55. The fourth-order valence-electron chi connectivity index (χ4n) is 2.18. The zero-order valence-electron chi connectivity index (χ0n) is 9.72. The Labute approximate surface area is 96.2 Å². The monoisotopic (exact) mass is 222 g/mol. The van der Waals surface area contributed by atoms with Crippen molar-refractivity contribution in [3.05, 3.63) is 29.6 Å². The first-order chi connectivity index (χ1) is 7.75. The van der Waals surface area contributed by atoms with Crippen molar-refractivity contribution in [2.24, 2.45) is 5.92 Å². The number of aryl methyl sites for hydroxylation is 1. The molecule has 0 aliphatic carbocycles. The fraction of sp³-hybridized carbons (Fsp3) is 0.538. The summed E-state index contributed by atoms with van der Waals surface area (Å²) in [5, 5.41) is 6.80. The van der Waals surface area contributed by atoms with E-state index in [-0.39, 0.29) is 5.82 Å². The molecule has 88 valence electrons. The Hall–Kier alpha value is -1.09. The highest BCUT2D eigenvalue weighted by atomic mass is 19.1. The largest absolute Gasteiger partial charge is 0.385 e. The van der Waals surface area contributed by atoms with Gasteiger partial charge in [0, 0.05) is 12.2 Å². The SMILES string of the molecule is Cc1cc(F)ccc1NCC1CCCNC1. The summed E-state index contributed by atoms with van der Waals surface area (Å²) in [7, 11) is 0. The first kappa shape index (κ1) is 11.4.